The molecule has 14 rings (SSSR count). The minimum atomic E-state index is -4.53. The van der Waals surface area contributed by atoms with Gasteiger partial charge in [-0.05, 0) is 182 Å². The molecule has 0 radical (unpaired) electrons. The van der Waals surface area contributed by atoms with Crippen LogP contribution in [0.15, 0.2) is 146 Å². The molecule has 0 spiro atoms. The number of ether oxygens (including phenoxy) is 9. The Bertz CT molecular complexity index is 4680. The number of rotatable bonds is 25. The maximum absolute atomic E-state index is 13.0. The molecule has 1 aliphatic carbocycles. The molecule has 0 bridgehead atoms. The Morgan fingerprint density at radius 1 is 0.432 bits per heavy atom. The van der Waals surface area contributed by atoms with Crippen molar-refractivity contribution in [3.05, 3.63) is 174 Å². The number of amides is 5. The summed E-state index contributed by atoms with van der Waals surface area (Å²) in [6.45, 7) is 31.3. The molecular formula is C100H141F6N11O15. The van der Waals surface area contributed by atoms with E-state index in [4.69, 9.17) is 42.6 Å². The number of Topliss-reactive ketones (excluding diaryl/α,β-unsaturated/α-hetero) is 1. The molecule has 26 nitrogen and oxygen atoms in total. The van der Waals surface area contributed by atoms with E-state index < -0.39 is 52.3 Å². The van der Waals surface area contributed by atoms with Gasteiger partial charge in [-0.25, -0.2) is 0 Å². The fourth-order valence-corrected chi connectivity index (χ4v) is 16.1. The SMILES string of the molecule is C.CC(C)(COc1cnccc1C(F)(F)F)NC(=O)C1CCCCOC1.CC(C)(COc1cnccc1C(F)(F)F)NC(=O)[C@@H]1CNCCO1.CC(C)(NC(=O)[C@@H]1CNCCO1)C1CCCCC1.C[C@H](CC(=O)C1CNCCOC1)c1cccc2ccccc12.C[C@H](NC(=O)C1CCCCO1)c1cccc2ccccc12.Cc1ccccc1OCC(C)(C)NC(=O)[C@@H]1CNCCO1. The van der Waals surface area contributed by atoms with Crippen LogP contribution < -0.4 is 62.1 Å². The summed E-state index contributed by atoms with van der Waals surface area (Å²) in [6, 6.07) is 38.7. The number of benzene rings is 5. The zero-order valence-corrected chi connectivity index (χ0v) is 77.8. The lowest BCUT2D eigenvalue weighted by Gasteiger charge is -2.39. The van der Waals surface area contributed by atoms with Gasteiger partial charge < -0.3 is 90.5 Å². The first kappa shape index (κ1) is 108. The van der Waals surface area contributed by atoms with Crippen LogP contribution in [0.25, 0.3) is 21.5 Å². The van der Waals surface area contributed by atoms with Gasteiger partial charge >= 0.3 is 12.4 Å². The second-order valence-corrected chi connectivity index (χ2v) is 36.8. The number of hydrogen-bond donors (Lipinski definition) is 9. The standard InChI is InChI=1S/C19H23NO2.C18H21NO2.C17H23F3N2O3.C16H24N2O3.C15H20F3N3O3.C14H26N2O2.CH4/c1-14(11-19(21)16-12-20-9-10-22-13-16)17-8-4-6-15-5-2-3-7-18(15)17;1-13(19-18(20)17-11-4-5-12-21-17)15-10-6-8-14-7-2-3-9-16(14)15;1-16(2,22-15(23)12-5-3-4-8-24-10-12)11-25-14-9-21-7-6-13(14)17(18,19)20;1-12-6-4-5-7-13(12)21-11-16(2,3)18-15(19)14-10-17-8-9-20-14;1-14(2,21-13(22)12-8-20-5-6-23-12)9-24-11-7-19-4-3-10(11)15(16,17)18;1-14(2,11-6-4-3-5-7-11)16-13(17)12-10-15-8-9-18-12;/h2-8,14,16,20H,9-13H2,1H3;2-3,6-10,13,17H,4-5,11-12H2,1H3,(H,19,20);6-7,9,12H,3-5,8,10-11H2,1-2H3,(H,22,23);4-7,14,17H,8-11H2,1-3H3,(H,18,19);3-4,7,12,20H,5-6,8-9H2,1-2H3,(H,21,22);11-12,15H,3-10H2,1-2H3,(H,16,17);1H4/t14-,16?;13-,17?;;14-;2*12-;/m10.000./s1. The molecule has 1 saturated carbocycles. The highest BCUT2D eigenvalue weighted by molar-refractivity contribution is 5.89. The van der Waals surface area contributed by atoms with Crippen molar-refractivity contribution in [2.24, 2.45) is 17.8 Å². The number of fused-ring (bicyclic) bond motifs is 2. The van der Waals surface area contributed by atoms with E-state index in [-0.39, 0.29) is 103 Å². The number of para-hydroxylation sites is 1. The summed E-state index contributed by atoms with van der Waals surface area (Å²) >= 11 is 0. The van der Waals surface area contributed by atoms with Crippen molar-refractivity contribution in [3.8, 4) is 17.2 Å². The van der Waals surface area contributed by atoms with Crippen LogP contribution in [0.4, 0.5) is 26.3 Å². The second-order valence-electron chi connectivity index (χ2n) is 36.8. The molecule has 6 saturated heterocycles. The first-order chi connectivity index (χ1) is 62.5. The van der Waals surface area contributed by atoms with E-state index in [1.54, 1.807) is 27.7 Å². The van der Waals surface area contributed by atoms with Gasteiger partial charge in [0.1, 0.15) is 78.4 Å². The van der Waals surface area contributed by atoms with Crippen molar-refractivity contribution in [3.63, 3.8) is 0 Å². The zero-order valence-electron chi connectivity index (χ0n) is 77.8. The molecule has 7 aromatic rings. The molecule has 2 aromatic heterocycles. The number of alkyl halides is 6. The van der Waals surface area contributed by atoms with Crippen molar-refractivity contribution in [2.45, 2.75) is 232 Å². The normalized spacial score (nSPS) is 20.4. The van der Waals surface area contributed by atoms with Crippen LogP contribution in [0.3, 0.4) is 0 Å². The summed E-state index contributed by atoms with van der Waals surface area (Å²) in [7, 11) is 0. The molecule has 8 atom stereocenters. The summed E-state index contributed by atoms with van der Waals surface area (Å²) in [5.41, 5.74) is -0.580. The molecule has 728 valence electrons. The predicted molar refractivity (Wildman–Crippen MR) is 498 cm³/mol. The topological polar surface area (TPSA) is 320 Å². The molecule has 132 heavy (non-hydrogen) atoms. The highest BCUT2D eigenvalue weighted by Crippen LogP contribution is 2.39. The van der Waals surface area contributed by atoms with Crippen LogP contribution in [0.5, 0.6) is 17.2 Å². The number of aromatic nitrogens is 2. The van der Waals surface area contributed by atoms with Gasteiger partial charge in [0.2, 0.25) is 11.8 Å². The van der Waals surface area contributed by atoms with Crippen LogP contribution in [-0.2, 0) is 69.5 Å². The minimum absolute atomic E-state index is 0. The zero-order chi connectivity index (χ0) is 94.6. The number of halogens is 6. The van der Waals surface area contributed by atoms with Gasteiger partial charge in [0.15, 0.2) is 0 Å². The quantitative estimate of drug-likeness (QED) is 0.0240. The van der Waals surface area contributed by atoms with Gasteiger partial charge in [-0.2, -0.15) is 26.3 Å². The Kier molecular flexibility index (Phi) is 43.3. The fourth-order valence-electron chi connectivity index (χ4n) is 16.1. The van der Waals surface area contributed by atoms with Crippen molar-refractivity contribution >= 4 is 56.9 Å². The number of nitrogens with one attached hydrogen (secondary N) is 9. The Balaban J connectivity index is 0.000000195. The smallest absolute Gasteiger partial charge is 0.420 e. The Labute approximate surface area is 774 Å². The molecule has 5 aromatic carbocycles. The Hall–Kier alpha value is -9.48. The lowest BCUT2D eigenvalue weighted by molar-refractivity contribution is -0.140. The van der Waals surface area contributed by atoms with Gasteiger partial charge in [0, 0.05) is 89.9 Å². The third-order valence-electron chi connectivity index (χ3n) is 23.5. The number of aryl methyl sites for hydroxylation is 1. The van der Waals surface area contributed by atoms with Crippen LogP contribution >= 0.6 is 0 Å². The lowest BCUT2D eigenvalue weighted by atomic mass is 9.76. The van der Waals surface area contributed by atoms with E-state index in [1.165, 1.54) is 59.2 Å². The van der Waals surface area contributed by atoms with Crippen LogP contribution in [0, 0.1) is 24.7 Å². The number of ketones is 1. The summed E-state index contributed by atoms with van der Waals surface area (Å²) in [5.74, 6) is 0.437. The van der Waals surface area contributed by atoms with Gasteiger partial charge in [-0.15, -0.1) is 0 Å². The van der Waals surface area contributed by atoms with Crippen molar-refractivity contribution in [2.75, 3.05) is 125 Å². The molecular weight excluding hydrogens is 1710 g/mol. The maximum Gasteiger partial charge on any atom is 0.420 e. The lowest BCUT2D eigenvalue weighted by Crippen LogP contribution is -2.56. The van der Waals surface area contributed by atoms with Crippen LogP contribution in [0.1, 0.15) is 193 Å². The Morgan fingerprint density at radius 2 is 0.856 bits per heavy atom. The number of pyridine rings is 2. The highest BCUT2D eigenvalue weighted by Gasteiger charge is 2.40. The molecule has 32 heteroatoms. The minimum Gasteiger partial charge on any atom is -0.491 e. The number of carbonyl (C=O) groups is 6. The van der Waals surface area contributed by atoms with E-state index in [9.17, 15) is 55.1 Å². The van der Waals surface area contributed by atoms with E-state index in [0.29, 0.717) is 104 Å². The number of nitrogens with zero attached hydrogens (tertiary/aromatic N) is 2. The fraction of sp³-hybridized carbons (Fsp3) is 0.580. The Morgan fingerprint density at radius 3 is 1.36 bits per heavy atom. The molecule has 8 heterocycles. The third-order valence-corrected chi connectivity index (χ3v) is 23.5. The van der Waals surface area contributed by atoms with Gasteiger partial charge in [0.25, 0.3) is 17.7 Å². The maximum atomic E-state index is 13.0. The molecule has 6 aliphatic heterocycles. The highest BCUT2D eigenvalue weighted by atomic mass is 19.4. The van der Waals surface area contributed by atoms with E-state index >= 15 is 0 Å². The molecule has 5 amide bonds. The third kappa shape index (κ3) is 35.7. The van der Waals surface area contributed by atoms with Gasteiger partial charge in [-0.1, -0.05) is 143 Å². The van der Waals surface area contributed by atoms with Crippen molar-refractivity contribution in [1.82, 2.24) is 57.8 Å². The van der Waals surface area contributed by atoms with Crippen LogP contribution in [-0.4, -0.2) is 217 Å². The molecule has 7 fully saturated rings. The van der Waals surface area contributed by atoms with Crippen LogP contribution in [0.2, 0.25) is 0 Å². The monoisotopic (exact) mass is 1850 g/mol. The summed E-state index contributed by atoms with van der Waals surface area (Å²) < 4.78 is 127. The summed E-state index contributed by atoms with van der Waals surface area (Å²) in [5, 5.41) is 32.4. The van der Waals surface area contributed by atoms with E-state index in [2.05, 4.69) is 145 Å². The van der Waals surface area contributed by atoms with Gasteiger partial charge in [-0.3, -0.25) is 38.7 Å². The van der Waals surface area contributed by atoms with E-state index in [0.717, 1.165) is 119 Å². The molecule has 7 aliphatic rings. The number of carbonyl (C=O) groups excluding carboxylic acids is 6. The van der Waals surface area contributed by atoms with Crippen molar-refractivity contribution in [1.29, 1.82) is 0 Å². The average molecular weight is 1850 g/mol. The number of morpholine rings is 3. The molecule has 3 unspecified atom stereocenters. The first-order valence-corrected chi connectivity index (χ1v) is 45.9. The molecule has 9 N–H and O–H groups in total. The second kappa shape index (κ2) is 53.0. The van der Waals surface area contributed by atoms with Gasteiger partial charge in [0.05, 0.1) is 86.5 Å². The predicted octanol–water partition coefficient (Wildman–Crippen LogP) is 14.6. The largest absolute Gasteiger partial charge is 0.491 e. The number of hydrogen-bond acceptors (Lipinski definition) is 21. The summed E-state index contributed by atoms with van der Waals surface area (Å²) in [6.07, 6.45) is 5.97. The average Bonchev–Trinajstić information content (AvgIpc) is 0.822. The summed E-state index contributed by atoms with van der Waals surface area (Å²) in [4.78, 5) is 81.0. The first-order valence-electron chi connectivity index (χ1n) is 45.9. The van der Waals surface area contributed by atoms with Crippen molar-refractivity contribution < 1.29 is 97.7 Å². The van der Waals surface area contributed by atoms with E-state index in [1.807, 2.05) is 70.2 Å².